The molecule has 0 unspecified atom stereocenters. The molecule has 0 aliphatic heterocycles. The van der Waals surface area contributed by atoms with Crippen LogP contribution in [-0.4, -0.2) is 32.4 Å². The predicted octanol–water partition coefficient (Wildman–Crippen LogP) is 1.04. The lowest BCUT2D eigenvalue weighted by atomic mass is 10.1. The van der Waals surface area contributed by atoms with Gasteiger partial charge >= 0.3 is 12.0 Å². The van der Waals surface area contributed by atoms with Crippen LogP contribution in [0.2, 0.25) is 5.02 Å². The molecule has 0 aliphatic carbocycles. The normalized spacial score (nSPS) is 11.2. The van der Waals surface area contributed by atoms with Gasteiger partial charge in [0.25, 0.3) is 0 Å². The first kappa shape index (κ1) is 15.3. The number of urea groups is 1. The number of rotatable bonds is 4. The van der Waals surface area contributed by atoms with Crippen LogP contribution in [0.25, 0.3) is 0 Å². The highest BCUT2D eigenvalue weighted by molar-refractivity contribution is 6.31. The molecule has 0 saturated carbocycles. The molecule has 1 aromatic heterocycles. The maximum atomic E-state index is 11.6. The molecular formula is C11H17ClN4O3. The zero-order chi connectivity index (χ0) is 14.8. The number of hydrogen-bond acceptors (Lipinski definition) is 3. The lowest BCUT2D eigenvalue weighted by Crippen LogP contribution is -2.53. The molecule has 0 saturated heterocycles. The molecule has 0 aliphatic rings. The van der Waals surface area contributed by atoms with Gasteiger partial charge in [-0.05, 0) is 20.8 Å². The van der Waals surface area contributed by atoms with E-state index in [1.165, 1.54) is 13.8 Å². The van der Waals surface area contributed by atoms with E-state index < -0.39 is 17.5 Å². The van der Waals surface area contributed by atoms with Crippen LogP contribution in [0.15, 0.2) is 0 Å². The van der Waals surface area contributed by atoms with E-state index in [2.05, 4.69) is 15.7 Å². The largest absolute Gasteiger partial charge is 0.480 e. The van der Waals surface area contributed by atoms with Gasteiger partial charge in [-0.2, -0.15) is 5.10 Å². The second-order valence-electron chi connectivity index (χ2n) is 4.71. The zero-order valence-corrected chi connectivity index (χ0v) is 12.0. The molecule has 1 aromatic rings. The van der Waals surface area contributed by atoms with E-state index >= 15 is 0 Å². The highest BCUT2D eigenvalue weighted by atomic mass is 35.5. The van der Waals surface area contributed by atoms with Crippen LogP contribution in [0, 0.1) is 6.92 Å². The van der Waals surface area contributed by atoms with Gasteiger partial charge in [0, 0.05) is 7.05 Å². The number of amides is 2. The van der Waals surface area contributed by atoms with Crippen molar-refractivity contribution in [2.24, 2.45) is 7.05 Å². The Morgan fingerprint density at radius 3 is 2.47 bits per heavy atom. The molecule has 19 heavy (non-hydrogen) atoms. The number of aromatic nitrogens is 2. The topological polar surface area (TPSA) is 96.3 Å². The summed E-state index contributed by atoms with van der Waals surface area (Å²) in [6.07, 6.45) is 0. The summed E-state index contributed by atoms with van der Waals surface area (Å²) in [6, 6.07) is -0.581. The molecular weight excluding hydrogens is 272 g/mol. The average Bonchev–Trinajstić information content (AvgIpc) is 2.50. The fourth-order valence-electron chi connectivity index (χ4n) is 1.42. The Labute approximate surface area is 115 Å². The van der Waals surface area contributed by atoms with Crippen LogP contribution < -0.4 is 10.6 Å². The van der Waals surface area contributed by atoms with Crippen molar-refractivity contribution in [1.29, 1.82) is 0 Å². The number of carbonyl (C=O) groups is 2. The highest BCUT2D eigenvalue weighted by Gasteiger charge is 2.28. The Morgan fingerprint density at radius 2 is 2.05 bits per heavy atom. The van der Waals surface area contributed by atoms with E-state index in [-0.39, 0.29) is 6.54 Å². The third kappa shape index (κ3) is 3.60. The number of halogens is 1. The number of hydrogen-bond donors (Lipinski definition) is 3. The van der Waals surface area contributed by atoms with Crippen molar-refractivity contribution in [2.45, 2.75) is 32.9 Å². The van der Waals surface area contributed by atoms with Gasteiger partial charge in [-0.1, -0.05) is 11.6 Å². The van der Waals surface area contributed by atoms with E-state index in [4.69, 9.17) is 16.7 Å². The molecule has 106 valence electrons. The first-order valence-electron chi connectivity index (χ1n) is 5.62. The average molecular weight is 289 g/mol. The Kier molecular flexibility index (Phi) is 4.41. The molecule has 3 N–H and O–H groups in total. The van der Waals surface area contributed by atoms with Gasteiger partial charge in [0.15, 0.2) is 0 Å². The number of nitrogens with one attached hydrogen (secondary N) is 2. The summed E-state index contributed by atoms with van der Waals surface area (Å²) < 4.78 is 1.57. The molecule has 1 heterocycles. The standard InChI is InChI=1S/C11H17ClN4O3/c1-6-8(12)7(16(4)15-6)5-13-10(19)14-11(2,3)9(17)18/h5H2,1-4H3,(H,17,18)(H2,13,14,19). The van der Waals surface area contributed by atoms with Crippen LogP contribution in [0.3, 0.4) is 0 Å². The summed E-state index contributed by atoms with van der Waals surface area (Å²) in [5.41, 5.74) is -0.00864. The third-order valence-corrected chi connectivity index (χ3v) is 3.13. The molecule has 7 nitrogen and oxygen atoms in total. The fourth-order valence-corrected chi connectivity index (χ4v) is 1.64. The van der Waals surface area contributed by atoms with Gasteiger partial charge in [0.1, 0.15) is 5.54 Å². The highest BCUT2D eigenvalue weighted by Crippen LogP contribution is 2.18. The van der Waals surface area contributed by atoms with Crippen molar-refractivity contribution in [1.82, 2.24) is 20.4 Å². The van der Waals surface area contributed by atoms with Gasteiger partial charge in [-0.3, -0.25) is 4.68 Å². The Bertz CT molecular complexity index is 510. The molecule has 0 radical (unpaired) electrons. The molecule has 0 fully saturated rings. The SMILES string of the molecule is Cc1nn(C)c(CNC(=O)NC(C)(C)C(=O)O)c1Cl. The summed E-state index contributed by atoms with van der Waals surface area (Å²) in [6.45, 7) is 4.73. The summed E-state index contributed by atoms with van der Waals surface area (Å²) in [5.74, 6) is -1.11. The molecule has 0 atom stereocenters. The molecule has 0 bridgehead atoms. The van der Waals surface area contributed by atoms with Crippen LogP contribution in [0.5, 0.6) is 0 Å². The van der Waals surface area contributed by atoms with Gasteiger partial charge in [0.2, 0.25) is 0 Å². The van der Waals surface area contributed by atoms with Gasteiger partial charge < -0.3 is 15.7 Å². The van der Waals surface area contributed by atoms with E-state index in [1.807, 2.05) is 0 Å². The number of carbonyl (C=O) groups excluding carboxylic acids is 1. The van der Waals surface area contributed by atoms with Crippen LogP contribution in [0.1, 0.15) is 25.2 Å². The second kappa shape index (κ2) is 5.48. The lowest BCUT2D eigenvalue weighted by Gasteiger charge is -2.21. The number of aliphatic carboxylic acids is 1. The van der Waals surface area contributed by atoms with E-state index in [1.54, 1.807) is 18.7 Å². The zero-order valence-electron chi connectivity index (χ0n) is 11.2. The van der Waals surface area contributed by atoms with Gasteiger partial charge in [0.05, 0.1) is 23.0 Å². The monoisotopic (exact) mass is 288 g/mol. The quantitative estimate of drug-likeness (QED) is 0.771. The van der Waals surface area contributed by atoms with Crippen molar-refractivity contribution in [3.8, 4) is 0 Å². The van der Waals surface area contributed by atoms with Crippen molar-refractivity contribution in [3.05, 3.63) is 16.4 Å². The first-order chi connectivity index (χ1) is 8.65. The van der Waals surface area contributed by atoms with E-state index in [0.717, 1.165) is 0 Å². The smallest absolute Gasteiger partial charge is 0.328 e. The van der Waals surface area contributed by atoms with Crippen molar-refractivity contribution < 1.29 is 14.7 Å². The van der Waals surface area contributed by atoms with Gasteiger partial charge in [-0.25, -0.2) is 9.59 Å². The number of carboxylic acid groups (broad SMARTS) is 1. The van der Waals surface area contributed by atoms with Crippen molar-refractivity contribution in [3.63, 3.8) is 0 Å². The molecule has 8 heteroatoms. The second-order valence-corrected chi connectivity index (χ2v) is 5.09. The molecule has 0 aromatic carbocycles. The summed E-state index contributed by atoms with van der Waals surface area (Å²) in [4.78, 5) is 22.5. The maximum Gasteiger partial charge on any atom is 0.328 e. The third-order valence-electron chi connectivity index (χ3n) is 2.64. The maximum absolute atomic E-state index is 11.6. The Hall–Kier alpha value is -1.76. The summed E-state index contributed by atoms with van der Waals surface area (Å²) in [7, 11) is 1.72. The number of carboxylic acids is 1. The fraction of sp³-hybridized carbons (Fsp3) is 0.545. The minimum absolute atomic E-state index is 0.164. The van der Waals surface area contributed by atoms with Crippen LogP contribution in [0.4, 0.5) is 4.79 Å². The van der Waals surface area contributed by atoms with Gasteiger partial charge in [-0.15, -0.1) is 0 Å². The molecule has 0 spiro atoms. The summed E-state index contributed by atoms with van der Waals surface area (Å²) in [5, 5.41) is 18.4. The number of aryl methyl sites for hydroxylation is 2. The minimum Gasteiger partial charge on any atom is -0.480 e. The summed E-state index contributed by atoms with van der Waals surface area (Å²) >= 11 is 6.03. The van der Waals surface area contributed by atoms with Crippen molar-refractivity contribution in [2.75, 3.05) is 0 Å². The van der Waals surface area contributed by atoms with E-state index in [9.17, 15) is 9.59 Å². The number of nitrogens with zero attached hydrogens (tertiary/aromatic N) is 2. The first-order valence-corrected chi connectivity index (χ1v) is 6.00. The van der Waals surface area contributed by atoms with Crippen LogP contribution >= 0.6 is 11.6 Å². The molecule has 2 amide bonds. The molecule has 1 rings (SSSR count). The Balaban J connectivity index is 2.63. The van der Waals surface area contributed by atoms with E-state index in [0.29, 0.717) is 16.4 Å². The van der Waals surface area contributed by atoms with Crippen molar-refractivity contribution >= 4 is 23.6 Å². The van der Waals surface area contributed by atoms with Crippen LogP contribution in [-0.2, 0) is 18.4 Å². The predicted molar refractivity (Wildman–Crippen MR) is 70.0 cm³/mol. The minimum atomic E-state index is -1.34. The Morgan fingerprint density at radius 1 is 1.47 bits per heavy atom. The lowest BCUT2D eigenvalue weighted by molar-refractivity contribution is -0.142.